The first-order chi connectivity index (χ1) is 7.02. The molecule has 0 spiro atoms. The monoisotopic (exact) mass is 203 g/mol. The Balaban J connectivity index is 3.12. The van der Waals surface area contributed by atoms with Crippen molar-refractivity contribution < 1.29 is 9.53 Å². The summed E-state index contributed by atoms with van der Waals surface area (Å²) in [6.45, 7) is 5.39. The number of nitrogens with zero attached hydrogens (tertiary/aromatic N) is 1. The van der Waals surface area contributed by atoms with E-state index in [9.17, 15) is 4.79 Å². The molecule has 0 bridgehead atoms. The van der Waals surface area contributed by atoms with Gasteiger partial charge in [0.2, 0.25) is 0 Å². The van der Waals surface area contributed by atoms with Gasteiger partial charge in [-0.15, -0.1) is 0 Å². The molecule has 1 aromatic carbocycles. The third kappa shape index (κ3) is 3.10. The fourth-order valence-corrected chi connectivity index (χ4v) is 1.24. The van der Waals surface area contributed by atoms with Crippen LogP contribution in [0.1, 0.15) is 37.8 Å². The van der Waals surface area contributed by atoms with Crippen molar-refractivity contribution in [2.75, 3.05) is 0 Å². The van der Waals surface area contributed by atoms with Crippen molar-refractivity contribution in [1.82, 2.24) is 0 Å². The molecule has 0 unspecified atom stereocenters. The van der Waals surface area contributed by atoms with E-state index in [-0.39, 0.29) is 5.97 Å². The Morgan fingerprint density at radius 1 is 1.40 bits per heavy atom. The zero-order valence-electron chi connectivity index (χ0n) is 9.07. The molecule has 0 radical (unpaired) electrons. The van der Waals surface area contributed by atoms with Crippen LogP contribution >= 0.6 is 0 Å². The highest BCUT2D eigenvalue weighted by atomic mass is 16.5. The van der Waals surface area contributed by atoms with E-state index in [2.05, 4.69) is 0 Å². The van der Waals surface area contributed by atoms with Crippen molar-refractivity contribution in [1.29, 1.82) is 5.26 Å². The number of ether oxygens (including phenoxy) is 1. The van der Waals surface area contributed by atoms with E-state index in [0.29, 0.717) is 17.2 Å². The molecule has 0 saturated carbocycles. The molecule has 0 amide bonds. The highest BCUT2D eigenvalue weighted by molar-refractivity contribution is 5.69. The lowest BCUT2D eigenvalue weighted by Gasteiger charge is -2.08. The summed E-state index contributed by atoms with van der Waals surface area (Å²) in [5.41, 5.74) is 1.50. The third-order valence-electron chi connectivity index (χ3n) is 1.99. The van der Waals surface area contributed by atoms with Crippen LogP contribution in [0.3, 0.4) is 0 Å². The second-order valence-corrected chi connectivity index (χ2v) is 3.65. The number of nitriles is 1. The molecule has 0 heterocycles. The molecule has 3 heteroatoms. The molecular formula is C12H13NO2. The minimum absolute atomic E-state index is 0.299. The maximum atomic E-state index is 10.8. The molecule has 1 aromatic rings. The lowest BCUT2D eigenvalue weighted by atomic mass is 10.0. The number of esters is 1. The molecule has 0 aliphatic carbocycles. The first kappa shape index (κ1) is 11.3. The van der Waals surface area contributed by atoms with Gasteiger partial charge >= 0.3 is 5.97 Å². The van der Waals surface area contributed by atoms with E-state index >= 15 is 0 Å². The normalized spacial score (nSPS) is 9.80. The van der Waals surface area contributed by atoms with Crippen LogP contribution in [0.5, 0.6) is 5.75 Å². The Morgan fingerprint density at radius 2 is 2.07 bits per heavy atom. The third-order valence-corrected chi connectivity index (χ3v) is 1.99. The van der Waals surface area contributed by atoms with Crippen molar-refractivity contribution in [2.24, 2.45) is 0 Å². The molecule has 0 saturated heterocycles. The van der Waals surface area contributed by atoms with Crippen molar-refractivity contribution >= 4 is 5.97 Å². The van der Waals surface area contributed by atoms with E-state index in [1.54, 1.807) is 18.2 Å². The Labute approximate surface area is 89.3 Å². The molecule has 0 aliphatic rings. The van der Waals surface area contributed by atoms with Gasteiger partial charge in [0.25, 0.3) is 0 Å². The van der Waals surface area contributed by atoms with Gasteiger partial charge in [-0.25, -0.2) is 0 Å². The summed E-state index contributed by atoms with van der Waals surface area (Å²) in [5.74, 6) is 0.359. The molecule has 1 rings (SSSR count). The van der Waals surface area contributed by atoms with Crippen LogP contribution in [-0.2, 0) is 4.79 Å². The van der Waals surface area contributed by atoms with E-state index in [1.807, 2.05) is 19.9 Å². The lowest BCUT2D eigenvalue weighted by molar-refractivity contribution is -0.131. The Hall–Kier alpha value is -1.82. The second kappa shape index (κ2) is 4.61. The van der Waals surface area contributed by atoms with Gasteiger partial charge in [-0.3, -0.25) is 4.79 Å². The van der Waals surface area contributed by atoms with E-state index < -0.39 is 0 Å². The summed E-state index contributed by atoms with van der Waals surface area (Å²) in [7, 11) is 0. The predicted molar refractivity (Wildman–Crippen MR) is 56.6 cm³/mol. The van der Waals surface area contributed by atoms with Gasteiger partial charge in [0.05, 0.1) is 11.6 Å². The largest absolute Gasteiger partial charge is 0.427 e. The predicted octanol–water partition coefficient (Wildman–Crippen LogP) is 2.61. The van der Waals surface area contributed by atoms with Crippen LogP contribution < -0.4 is 4.74 Å². The van der Waals surface area contributed by atoms with E-state index in [4.69, 9.17) is 10.00 Å². The molecular weight excluding hydrogens is 190 g/mol. The van der Waals surface area contributed by atoms with Crippen LogP contribution in [0.2, 0.25) is 0 Å². The molecule has 0 aliphatic heterocycles. The number of hydrogen-bond donors (Lipinski definition) is 0. The highest BCUT2D eigenvalue weighted by Gasteiger charge is 2.06. The van der Waals surface area contributed by atoms with E-state index in [0.717, 1.165) is 5.56 Å². The van der Waals surface area contributed by atoms with Gasteiger partial charge < -0.3 is 4.74 Å². The summed E-state index contributed by atoms with van der Waals surface area (Å²) in [5, 5.41) is 8.81. The summed E-state index contributed by atoms with van der Waals surface area (Å²) >= 11 is 0. The number of rotatable bonds is 2. The van der Waals surface area contributed by atoms with Crippen LogP contribution in [0.4, 0.5) is 0 Å². The summed E-state index contributed by atoms with van der Waals surface area (Å²) in [6, 6.07) is 7.20. The van der Waals surface area contributed by atoms with Gasteiger partial charge in [-0.1, -0.05) is 13.8 Å². The first-order valence-electron chi connectivity index (χ1n) is 4.76. The molecule has 0 N–H and O–H groups in total. The van der Waals surface area contributed by atoms with Crippen LogP contribution in [0, 0.1) is 11.3 Å². The van der Waals surface area contributed by atoms with Gasteiger partial charge in [0.1, 0.15) is 5.75 Å². The Kier molecular flexibility index (Phi) is 3.46. The highest BCUT2D eigenvalue weighted by Crippen LogP contribution is 2.22. The average Bonchev–Trinajstić information content (AvgIpc) is 2.16. The SMILES string of the molecule is CC(=O)Oc1cc(C#N)cc(C(C)C)c1. The Bertz CT molecular complexity index is 416. The lowest BCUT2D eigenvalue weighted by Crippen LogP contribution is -2.02. The molecule has 0 fully saturated rings. The number of carbonyl (C=O) groups is 1. The maximum Gasteiger partial charge on any atom is 0.308 e. The number of hydrogen-bond acceptors (Lipinski definition) is 3. The van der Waals surface area contributed by atoms with Crippen molar-refractivity contribution in [3.63, 3.8) is 0 Å². The Morgan fingerprint density at radius 3 is 2.53 bits per heavy atom. The van der Waals surface area contributed by atoms with Crippen LogP contribution in [0.25, 0.3) is 0 Å². The van der Waals surface area contributed by atoms with Gasteiger partial charge in [-0.05, 0) is 29.7 Å². The first-order valence-corrected chi connectivity index (χ1v) is 4.76. The van der Waals surface area contributed by atoms with Gasteiger partial charge in [0.15, 0.2) is 0 Å². The summed E-state index contributed by atoms with van der Waals surface area (Å²) in [6.07, 6.45) is 0. The zero-order valence-corrected chi connectivity index (χ0v) is 9.07. The average molecular weight is 203 g/mol. The van der Waals surface area contributed by atoms with Crippen molar-refractivity contribution in [3.05, 3.63) is 29.3 Å². The smallest absolute Gasteiger partial charge is 0.308 e. The topological polar surface area (TPSA) is 50.1 Å². The van der Waals surface area contributed by atoms with Crippen molar-refractivity contribution in [3.8, 4) is 11.8 Å². The molecule has 0 atom stereocenters. The number of benzene rings is 1. The van der Waals surface area contributed by atoms with Gasteiger partial charge in [0, 0.05) is 6.92 Å². The fourth-order valence-electron chi connectivity index (χ4n) is 1.24. The quantitative estimate of drug-likeness (QED) is 0.548. The summed E-state index contributed by atoms with van der Waals surface area (Å²) in [4.78, 5) is 10.8. The van der Waals surface area contributed by atoms with Crippen LogP contribution in [0.15, 0.2) is 18.2 Å². The molecule has 78 valence electrons. The minimum Gasteiger partial charge on any atom is -0.427 e. The fraction of sp³-hybridized carbons (Fsp3) is 0.333. The number of carbonyl (C=O) groups excluding carboxylic acids is 1. The van der Waals surface area contributed by atoms with E-state index in [1.165, 1.54) is 6.92 Å². The maximum absolute atomic E-state index is 10.8. The minimum atomic E-state index is -0.375. The molecule has 3 nitrogen and oxygen atoms in total. The molecule has 15 heavy (non-hydrogen) atoms. The van der Waals surface area contributed by atoms with Crippen molar-refractivity contribution in [2.45, 2.75) is 26.7 Å². The van der Waals surface area contributed by atoms with Crippen LogP contribution in [-0.4, -0.2) is 5.97 Å². The van der Waals surface area contributed by atoms with Gasteiger partial charge in [-0.2, -0.15) is 5.26 Å². The summed E-state index contributed by atoms with van der Waals surface area (Å²) < 4.78 is 4.96. The standard InChI is InChI=1S/C12H13NO2/c1-8(2)11-4-10(7-13)5-12(6-11)15-9(3)14/h4-6,8H,1-3H3. The molecule has 0 aromatic heterocycles. The zero-order chi connectivity index (χ0) is 11.4. The second-order valence-electron chi connectivity index (χ2n) is 3.65.